The van der Waals surface area contributed by atoms with Crippen molar-refractivity contribution in [1.82, 2.24) is 0 Å². The van der Waals surface area contributed by atoms with Gasteiger partial charge in [0, 0.05) is 29.4 Å². The van der Waals surface area contributed by atoms with Crippen molar-refractivity contribution in [2.24, 2.45) is 5.73 Å². The van der Waals surface area contributed by atoms with Crippen molar-refractivity contribution in [1.29, 1.82) is 0 Å². The van der Waals surface area contributed by atoms with Crippen molar-refractivity contribution in [3.05, 3.63) is 59.2 Å². The van der Waals surface area contributed by atoms with Gasteiger partial charge in [0.05, 0.1) is 7.11 Å². The summed E-state index contributed by atoms with van der Waals surface area (Å²) >= 11 is 0. The third-order valence-electron chi connectivity index (χ3n) is 2.97. The Kier molecular flexibility index (Phi) is 4.37. The highest BCUT2D eigenvalue weighted by Crippen LogP contribution is 2.22. The van der Waals surface area contributed by atoms with Crippen molar-refractivity contribution < 1.29 is 18.3 Å². The molecule has 1 amide bonds. The van der Waals surface area contributed by atoms with Crippen LogP contribution in [0.15, 0.2) is 36.4 Å². The number of primary amides is 1. The maximum Gasteiger partial charge on any atom is 0.248 e. The van der Waals surface area contributed by atoms with E-state index in [1.165, 1.54) is 37.4 Å². The molecule has 0 bridgehead atoms. The highest BCUT2D eigenvalue weighted by atomic mass is 19.1. The topological polar surface area (TPSA) is 64.3 Å². The highest BCUT2D eigenvalue weighted by molar-refractivity contribution is 5.92. The number of methoxy groups -OCH3 is 1. The number of hydrogen-bond donors (Lipinski definition) is 2. The van der Waals surface area contributed by atoms with E-state index in [1.54, 1.807) is 0 Å². The number of benzene rings is 2. The number of nitrogens with one attached hydrogen (secondary N) is 1. The number of rotatable bonds is 5. The maximum absolute atomic E-state index is 13.8. The van der Waals surface area contributed by atoms with E-state index >= 15 is 0 Å². The van der Waals surface area contributed by atoms with Gasteiger partial charge < -0.3 is 15.8 Å². The number of hydrogen-bond acceptors (Lipinski definition) is 3. The van der Waals surface area contributed by atoms with Gasteiger partial charge in [-0.05, 0) is 24.3 Å². The van der Waals surface area contributed by atoms with E-state index in [9.17, 15) is 13.6 Å². The fraction of sp³-hybridized carbons (Fsp3) is 0.133. The second-order valence-electron chi connectivity index (χ2n) is 4.37. The summed E-state index contributed by atoms with van der Waals surface area (Å²) in [6, 6.07) is 8.27. The van der Waals surface area contributed by atoms with Crippen LogP contribution in [0, 0.1) is 11.6 Å². The number of nitrogens with two attached hydrogens (primary N) is 1. The third kappa shape index (κ3) is 3.47. The lowest BCUT2D eigenvalue weighted by molar-refractivity contribution is 0.1000. The van der Waals surface area contributed by atoms with Crippen molar-refractivity contribution in [2.75, 3.05) is 12.4 Å². The summed E-state index contributed by atoms with van der Waals surface area (Å²) in [5.41, 5.74) is 6.14. The van der Waals surface area contributed by atoms with Crippen LogP contribution in [0.4, 0.5) is 14.5 Å². The Morgan fingerprint density at radius 2 is 1.95 bits per heavy atom. The Morgan fingerprint density at radius 1 is 1.19 bits per heavy atom. The Labute approximate surface area is 120 Å². The van der Waals surface area contributed by atoms with Gasteiger partial charge in [-0.3, -0.25) is 4.79 Å². The molecule has 4 nitrogen and oxygen atoms in total. The SMILES string of the molecule is COc1cc(NCc2ccc(C(N)=O)cc2F)ccc1F. The summed E-state index contributed by atoms with van der Waals surface area (Å²) in [4.78, 5) is 10.9. The molecular formula is C15H14F2N2O2. The van der Waals surface area contributed by atoms with Gasteiger partial charge in [0.15, 0.2) is 11.6 Å². The lowest BCUT2D eigenvalue weighted by Crippen LogP contribution is -2.12. The van der Waals surface area contributed by atoms with E-state index in [0.717, 1.165) is 6.07 Å². The van der Waals surface area contributed by atoms with Crippen LogP contribution in [0.1, 0.15) is 15.9 Å². The number of halogens is 2. The quantitative estimate of drug-likeness (QED) is 0.890. The van der Waals surface area contributed by atoms with Crippen molar-refractivity contribution in [2.45, 2.75) is 6.54 Å². The number of anilines is 1. The minimum atomic E-state index is -0.684. The first kappa shape index (κ1) is 14.8. The summed E-state index contributed by atoms with van der Waals surface area (Å²) in [7, 11) is 1.37. The number of carbonyl (C=O) groups excluding carboxylic acids is 1. The normalized spacial score (nSPS) is 10.2. The first-order valence-corrected chi connectivity index (χ1v) is 6.17. The lowest BCUT2D eigenvalue weighted by Gasteiger charge is -2.10. The van der Waals surface area contributed by atoms with Crippen molar-refractivity contribution >= 4 is 11.6 Å². The molecule has 3 N–H and O–H groups in total. The van der Waals surface area contributed by atoms with Crippen LogP contribution in [0.2, 0.25) is 0 Å². The molecule has 0 aliphatic heterocycles. The van der Waals surface area contributed by atoms with E-state index in [0.29, 0.717) is 11.3 Å². The Morgan fingerprint density at radius 3 is 2.57 bits per heavy atom. The zero-order valence-electron chi connectivity index (χ0n) is 11.3. The molecule has 6 heteroatoms. The van der Waals surface area contributed by atoms with Gasteiger partial charge in [0.2, 0.25) is 5.91 Å². The van der Waals surface area contributed by atoms with Gasteiger partial charge >= 0.3 is 0 Å². The maximum atomic E-state index is 13.8. The van der Waals surface area contributed by atoms with E-state index in [4.69, 9.17) is 10.5 Å². The molecule has 0 fully saturated rings. The average Bonchev–Trinajstić information content (AvgIpc) is 2.47. The molecule has 110 valence electrons. The van der Waals surface area contributed by atoms with Crippen LogP contribution >= 0.6 is 0 Å². The first-order valence-electron chi connectivity index (χ1n) is 6.17. The Hall–Kier alpha value is -2.63. The average molecular weight is 292 g/mol. The molecule has 2 rings (SSSR count). The fourth-order valence-corrected chi connectivity index (χ4v) is 1.81. The van der Waals surface area contributed by atoms with Crippen LogP contribution in [-0.4, -0.2) is 13.0 Å². The predicted octanol–water partition coefficient (Wildman–Crippen LogP) is 2.68. The molecule has 0 aliphatic carbocycles. The van der Waals surface area contributed by atoms with Gasteiger partial charge in [-0.25, -0.2) is 8.78 Å². The number of carbonyl (C=O) groups is 1. The summed E-state index contributed by atoms with van der Waals surface area (Å²) in [6.07, 6.45) is 0. The van der Waals surface area contributed by atoms with Crippen molar-refractivity contribution in [3.8, 4) is 5.75 Å². The molecule has 0 heterocycles. The molecule has 0 spiro atoms. The summed E-state index contributed by atoms with van der Waals surface area (Å²) in [6.45, 7) is 0.180. The highest BCUT2D eigenvalue weighted by Gasteiger charge is 2.08. The molecule has 2 aromatic carbocycles. The summed E-state index contributed by atoms with van der Waals surface area (Å²) in [5.74, 6) is -1.59. The summed E-state index contributed by atoms with van der Waals surface area (Å²) in [5, 5.41) is 2.95. The molecule has 21 heavy (non-hydrogen) atoms. The largest absolute Gasteiger partial charge is 0.494 e. The molecule has 0 saturated carbocycles. The van der Waals surface area contributed by atoms with Crippen LogP contribution in [-0.2, 0) is 6.54 Å². The van der Waals surface area contributed by atoms with Gasteiger partial charge in [0.1, 0.15) is 5.82 Å². The van der Waals surface area contributed by atoms with Gasteiger partial charge in [-0.1, -0.05) is 6.07 Å². The fourth-order valence-electron chi connectivity index (χ4n) is 1.81. The smallest absolute Gasteiger partial charge is 0.248 e. The molecule has 0 atom stereocenters. The van der Waals surface area contributed by atoms with Crippen molar-refractivity contribution in [3.63, 3.8) is 0 Å². The monoisotopic (exact) mass is 292 g/mol. The van der Waals surface area contributed by atoms with Crippen LogP contribution in [0.25, 0.3) is 0 Å². The molecule has 0 unspecified atom stereocenters. The zero-order valence-corrected chi connectivity index (χ0v) is 11.3. The molecule has 0 aromatic heterocycles. The second kappa shape index (κ2) is 6.21. The second-order valence-corrected chi connectivity index (χ2v) is 4.37. The Balaban J connectivity index is 2.11. The summed E-state index contributed by atoms with van der Waals surface area (Å²) < 4.78 is 31.9. The van der Waals surface area contributed by atoms with E-state index in [2.05, 4.69) is 5.32 Å². The minimum Gasteiger partial charge on any atom is -0.494 e. The first-order chi connectivity index (χ1) is 10.0. The molecule has 0 radical (unpaired) electrons. The Bertz CT molecular complexity index is 675. The van der Waals surface area contributed by atoms with E-state index in [-0.39, 0.29) is 17.9 Å². The number of ether oxygens (including phenoxy) is 1. The molecule has 0 saturated heterocycles. The van der Waals surface area contributed by atoms with Crippen LogP contribution in [0.3, 0.4) is 0 Å². The van der Waals surface area contributed by atoms with Crippen LogP contribution < -0.4 is 15.8 Å². The lowest BCUT2D eigenvalue weighted by atomic mass is 10.1. The zero-order chi connectivity index (χ0) is 15.4. The molecular weight excluding hydrogens is 278 g/mol. The van der Waals surface area contributed by atoms with E-state index in [1.807, 2.05) is 0 Å². The predicted molar refractivity (Wildman–Crippen MR) is 75.2 cm³/mol. The minimum absolute atomic E-state index is 0.101. The third-order valence-corrected chi connectivity index (χ3v) is 2.97. The van der Waals surface area contributed by atoms with Gasteiger partial charge in [-0.2, -0.15) is 0 Å². The standard InChI is InChI=1S/C15H14F2N2O2/c1-21-14-7-11(4-5-12(14)16)19-8-10-3-2-9(15(18)20)6-13(10)17/h2-7,19H,8H2,1H3,(H2,18,20). The molecule has 2 aromatic rings. The molecule has 0 aliphatic rings. The van der Waals surface area contributed by atoms with Gasteiger partial charge in [0.25, 0.3) is 0 Å². The van der Waals surface area contributed by atoms with Crippen LogP contribution in [0.5, 0.6) is 5.75 Å². The van der Waals surface area contributed by atoms with Gasteiger partial charge in [-0.15, -0.1) is 0 Å². The van der Waals surface area contributed by atoms with E-state index < -0.39 is 17.5 Å². The number of amides is 1.